The number of thiol groups is 1. The minimum Gasteiger partial charge on any atom is -0.286 e. The van der Waals surface area contributed by atoms with Crippen LogP contribution in [0.2, 0.25) is 0 Å². The van der Waals surface area contributed by atoms with E-state index in [4.69, 9.17) is 9.78 Å². The van der Waals surface area contributed by atoms with E-state index in [0.29, 0.717) is 17.1 Å². The summed E-state index contributed by atoms with van der Waals surface area (Å²) >= 11 is 4.22. The van der Waals surface area contributed by atoms with Gasteiger partial charge in [0.15, 0.2) is 5.75 Å². The fourth-order valence-corrected chi connectivity index (χ4v) is 2.44. The van der Waals surface area contributed by atoms with Gasteiger partial charge in [0.05, 0.1) is 11.3 Å². The van der Waals surface area contributed by atoms with Crippen molar-refractivity contribution in [2.45, 2.75) is 76.0 Å². The van der Waals surface area contributed by atoms with Crippen molar-refractivity contribution in [3.05, 3.63) is 24.3 Å². The summed E-state index contributed by atoms with van der Waals surface area (Å²) in [6.45, 7) is 2.23. The molecule has 0 aromatic heterocycles. The first kappa shape index (κ1) is 18.9. The van der Waals surface area contributed by atoms with Crippen molar-refractivity contribution >= 4 is 18.6 Å². The van der Waals surface area contributed by atoms with Crippen LogP contribution in [0.4, 0.5) is 0 Å². The van der Waals surface area contributed by atoms with Crippen LogP contribution in [0.5, 0.6) is 5.75 Å². The highest BCUT2D eigenvalue weighted by molar-refractivity contribution is 7.80. The zero-order chi connectivity index (χ0) is 16.0. The Kier molecular flexibility index (Phi) is 10.6. The molecule has 0 saturated carbocycles. The third-order valence-corrected chi connectivity index (χ3v) is 3.94. The molecule has 0 saturated heterocycles. The van der Waals surface area contributed by atoms with E-state index in [1.54, 1.807) is 12.1 Å². The van der Waals surface area contributed by atoms with Gasteiger partial charge in [0.2, 0.25) is 0 Å². The second-order valence-corrected chi connectivity index (χ2v) is 6.07. The second-order valence-electron chi connectivity index (χ2n) is 5.58. The van der Waals surface area contributed by atoms with Gasteiger partial charge in [0, 0.05) is 0 Å². The number of benzene rings is 1. The Hall–Kier alpha value is -1.16. The summed E-state index contributed by atoms with van der Waals surface area (Å²) in [5.74, 6) is 0.144. The summed E-state index contributed by atoms with van der Waals surface area (Å²) in [5.41, 5.74) is 0. The lowest BCUT2D eigenvalue weighted by Gasteiger charge is -2.06. The third kappa shape index (κ3) is 8.98. The van der Waals surface area contributed by atoms with Crippen molar-refractivity contribution in [2.24, 2.45) is 0 Å². The van der Waals surface area contributed by atoms with E-state index in [1.807, 2.05) is 12.1 Å². The van der Waals surface area contributed by atoms with Gasteiger partial charge >= 0.3 is 5.97 Å². The van der Waals surface area contributed by atoms with Gasteiger partial charge in [-0.3, -0.25) is 9.78 Å². The molecule has 0 aliphatic heterocycles. The molecule has 0 atom stereocenters. The molecule has 1 aromatic carbocycles. The summed E-state index contributed by atoms with van der Waals surface area (Å²) in [6, 6.07) is 7.16. The summed E-state index contributed by atoms with van der Waals surface area (Å²) in [7, 11) is 0. The zero-order valence-corrected chi connectivity index (χ0v) is 14.4. The van der Waals surface area contributed by atoms with Crippen molar-refractivity contribution in [1.29, 1.82) is 0 Å². The maximum atomic E-state index is 11.6. The van der Waals surface area contributed by atoms with Crippen LogP contribution in [0.25, 0.3) is 0 Å². The fourth-order valence-electron chi connectivity index (χ4n) is 2.24. The fraction of sp³-hybridized carbons (Fsp3) is 0.611. The Balaban J connectivity index is 1.97. The standard InChI is InChI=1S/C18H28O3S/c1-2-3-4-5-6-7-8-9-10-15-18(19)21-20-16-13-11-12-14-17(16)22/h11-14,22H,2-10,15H2,1H3. The van der Waals surface area contributed by atoms with Crippen LogP contribution in [0.3, 0.4) is 0 Å². The summed E-state index contributed by atoms with van der Waals surface area (Å²) < 4.78 is 0. The SMILES string of the molecule is CCCCCCCCCCCC(=O)OOc1ccccc1S. The van der Waals surface area contributed by atoms with Gasteiger partial charge in [-0.2, -0.15) is 0 Å². The Morgan fingerprint density at radius 3 is 2.18 bits per heavy atom. The number of carbonyl (C=O) groups is 1. The average Bonchev–Trinajstić information content (AvgIpc) is 2.52. The first-order valence-electron chi connectivity index (χ1n) is 8.39. The number of unbranched alkanes of at least 4 members (excludes halogenated alkanes) is 8. The molecule has 0 fully saturated rings. The van der Waals surface area contributed by atoms with Crippen molar-refractivity contribution in [3.8, 4) is 5.75 Å². The van der Waals surface area contributed by atoms with Crippen molar-refractivity contribution in [2.75, 3.05) is 0 Å². The second kappa shape index (κ2) is 12.4. The molecule has 0 radical (unpaired) electrons. The first-order valence-corrected chi connectivity index (χ1v) is 8.84. The lowest BCUT2D eigenvalue weighted by atomic mass is 10.1. The first-order chi connectivity index (χ1) is 10.7. The van der Waals surface area contributed by atoms with E-state index in [2.05, 4.69) is 19.6 Å². The van der Waals surface area contributed by atoms with E-state index in [-0.39, 0.29) is 5.97 Å². The molecule has 1 rings (SSSR count). The van der Waals surface area contributed by atoms with E-state index in [0.717, 1.165) is 12.8 Å². The van der Waals surface area contributed by atoms with Crippen molar-refractivity contribution < 1.29 is 14.6 Å². The van der Waals surface area contributed by atoms with Crippen LogP contribution >= 0.6 is 12.6 Å². The molecule has 0 heterocycles. The number of carbonyl (C=O) groups excluding carboxylic acids is 1. The van der Waals surface area contributed by atoms with Gasteiger partial charge in [0.25, 0.3) is 0 Å². The topological polar surface area (TPSA) is 35.5 Å². The lowest BCUT2D eigenvalue weighted by Crippen LogP contribution is -2.07. The summed E-state index contributed by atoms with van der Waals surface area (Å²) in [4.78, 5) is 22.0. The van der Waals surface area contributed by atoms with Crippen molar-refractivity contribution in [3.63, 3.8) is 0 Å². The molecule has 0 bridgehead atoms. The Morgan fingerprint density at radius 2 is 1.55 bits per heavy atom. The smallest absolute Gasteiger partial charge is 0.286 e. The normalized spacial score (nSPS) is 10.5. The van der Waals surface area contributed by atoms with E-state index >= 15 is 0 Å². The van der Waals surface area contributed by atoms with Crippen LogP contribution in [-0.2, 0) is 9.68 Å². The molecule has 0 spiro atoms. The predicted octanol–water partition coefficient (Wildman–Crippen LogP) is 5.73. The highest BCUT2D eigenvalue weighted by Gasteiger charge is 2.06. The van der Waals surface area contributed by atoms with Gasteiger partial charge in [0.1, 0.15) is 0 Å². The summed E-state index contributed by atoms with van der Waals surface area (Å²) in [5, 5.41) is 0. The molecule has 0 unspecified atom stereocenters. The van der Waals surface area contributed by atoms with Gasteiger partial charge in [-0.05, 0) is 18.6 Å². The van der Waals surface area contributed by atoms with Crippen LogP contribution in [0.15, 0.2) is 29.2 Å². The molecule has 3 nitrogen and oxygen atoms in total. The van der Waals surface area contributed by atoms with E-state index in [1.165, 1.54) is 44.9 Å². The number of rotatable bonds is 12. The van der Waals surface area contributed by atoms with Crippen LogP contribution in [0.1, 0.15) is 71.1 Å². The summed E-state index contributed by atoms with van der Waals surface area (Å²) in [6.07, 6.45) is 11.5. The van der Waals surface area contributed by atoms with Gasteiger partial charge in [-0.25, -0.2) is 4.79 Å². The van der Waals surface area contributed by atoms with Gasteiger partial charge in [-0.1, -0.05) is 70.4 Å². The molecule has 0 aliphatic carbocycles. The lowest BCUT2D eigenvalue weighted by molar-refractivity contribution is -0.214. The number of hydrogen-bond donors (Lipinski definition) is 1. The highest BCUT2D eigenvalue weighted by Crippen LogP contribution is 2.21. The van der Waals surface area contributed by atoms with Crippen LogP contribution < -0.4 is 4.89 Å². The molecule has 1 aromatic rings. The molecule has 124 valence electrons. The molecule has 22 heavy (non-hydrogen) atoms. The largest absolute Gasteiger partial charge is 0.355 e. The average molecular weight is 324 g/mol. The van der Waals surface area contributed by atoms with Crippen LogP contribution in [0, 0.1) is 0 Å². The van der Waals surface area contributed by atoms with Crippen molar-refractivity contribution in [1.82, 2.24) is 0 Å². The number of hydrogen-bond acceptors (Lipinski definition) is 4. The monoisotopic (exact) mass is 324 g/mol. The van der Waals surface area contributed by atoms with Crippen LogP contribution in [-0.4, -0.2) is 5.97 Å². The molecule has 0 amide bonds. The molecule has 0 aliphatic rings. The quantitative estimate of drug-likeness (QED) is 0.231. The minimum atomic E-state index is -0.320. The van der Waals surface area contributed by atoms with Gasteiger partial charge < -0.3 is 0 Å². The Labute approximate surface area is 139 Å². The molecular weight excluding hydrogens is 296 g/mol. The minimum absolute atomic E-state index is 0.320. The molecule has 4 heteroatoms. The van der Waals surface area contributed by atoms with E-state index < -0.39 is 0 Å². The number of para-hydroxylation sites is 1. The molecular formula is C18H28O3S. The highest BCUT2D eigenvalue weighted by atomic mass is 32.1. The maximum Gasteiger partial charge on any atom is 0.355 e. The van der Waals surface area contributed by atoms with Gasteiger partial charge in [-0.15, -0.1) is 12.6 Å². The third-order valence-electron chi connectivity index (χ3n) is 3.57. The maximum absolute atomic E-state index is 11.6. The zero-order valence-electron chi connectivity index (χ0n) is 13.6. The Morgan fingerprint density at radius 1 is 0.955 bits per heavy atom. The predicted molar refractivity (Wildman–Crippen MR) is 92.3 cm³/mol. The molecule has 0 N–H and O–H groups in total. The Bertz CT molecular complexity index is 421. The van der Waals surface area contributed by atoms with E-state index in [9.17, 15) is 4.79 Å².